The normalized spacial score (nSPS) is 17.6. The van der Waals surface area contributed by atoms with Gasteiger partial charge in [-0.3, -0.25) is 9.59 Å². The number of carbonyl (C=O) groups is 2. The molecule has 2 N–H and O–H groups in total. The van der Waals surface area contributed by atoms with E-state index in [1.165, 1.54) is 11.3 Å². The highest BCUT2D eigenvalue weighted by Crippen LogP contribution is 2.42. The zero-order valence-corrected chi connectivity index (χ0v) is 13.4. The highest BCUT2D eigenvalue weighted by atomic mass is 79.9. The SMILES string of the molecule is O=C(O)CC1(CC(=O)Nc2ncc(Br)s2)CCCCC1. The molecule has 0 bridgehead atoms. The molecule has 2 rings (SSSR count). The van der Waals surface area contributed by atoms with Crippen molar-refractivity contribution in [1.82, 2.24) is 4.98 Å². The van der Waals surface area contributed by atoms with Crippen LogP contribution in [0.5, 0.6) is 0 Å². The molecule has 0 spiro atoms. The number of nitrogens with one attached hydrogen (secondary N) is 1. The van der Waals surface area contributed by atoms with E-state index >= 15 is 0 Å². The highest BCUT2D eigenvalue weighted by molar-refractivity contribution is 9.11. The molecule has 1 amide bonds. The maximum absolute atomic E-state index is 12.1. The third-order valence-corrected chi connectivity index (χ3v) is 5.09. The Kier molecular flexibility index (Phi) is 5.15. The van der Waals surface area contributed by atoms with Gasteiger partial charge < -0.3 is 10.4 Å². The molecule has 1 saturated carbocycles. The minimum Gasteiger partial charge on any atom is -0.481 e. The van der Waals surface area contributed by atoms with Crippen LogP contribution in [0.2, 0.25) is 0 Å². The van der Waals surface area contributed by atoms with E-state index in [2.05, 4.69) is 26.2 Å². The van der Waals surface area contributed by atoms with Crippen molar-refractivity contribution in [3.63, 3.8) is 0 Å². The summed E-state index contributed by atoms with van der Waals surface area (Å²) in [5, 5.41) is 12.4. The first-order valence-electron chi connectivity index (χ1n) is 6.62. The lowest BCUT2D eigenvalue weighted by Gasteiger charge is -2.35. The highest BCUT2D eigenvalue weighted by Gasteiger charge is 2.36. The lowest BCUT2D eigenvalue weighted by Crippen LogP contribution is -2.32. The molecule has 0 aliphatic heterocycles. The summed E-state index contributed by atoms with van der Waals surface area (Å²) in [5.74, 6) is -0.966. The Morgan fingerprint density at radius 3 is 2.60 bits per heavy atom. The van der Waals surface area contributed by atoms with Crippen LogP contribution < -0.4 is 5.32 Å². The maximum atomic E-state index is 12.1. The summed E-state index contributed by atoms with van der Waals surface area (Å²) in [5.41, 5.74) is -0.386. The third kappa shape index (κ3) is 4.28. The Balaban J connectivity index is 1.99. The molecular weight excluding hydrogens is 344 g/mol. The predicted molar refractivity (Wildman–Crippen MR) is 80.8 cm³/mol. The molecule has 0 aromatic carbocycles. The standard InChI is InChI=1S/C13H17BrN2O3S/c14-9-8-15-12(20-9)16-10(17)6-13(7-11(18)19)4-2-1-3-5-13/h8H,1-7H2,(H,18,19)(H,15,16,17). The van der Waals surface area contributed by atoms with Crippen molar-refractivity contribution in [3.05, 3.63) is 9.98 Å². The zero-order valence-electron chi connectivity index (χ0n) is 11.0. The maximum Gasteiger partial charge on any atom is 0.303 e. The summed E-state index contributed by atoms with van der Waals surface area (Å²) in [6, 6.07) is 0. The molecule has 0 radical (unpaired) electrons. The lowest BCUT2D eigenvalue weighted by atomic mass is 9.69. The van der Waals surface area contributed by atoms with Crippen LogP contribution >= 0.6 is 27.3 Å². The number of hydrogen-bond donors (Lipinski definition) is 2. The Hall–Kier alpha value is -0.950. The number of halogens is 1. The summed E-state index contributed by atoms with van der Waals surface area (Å²) in [4.78, 5) is 27.2. The average Bonchev–Trinajstić information content (AvgIpc) is 2.74. The molecule has 0 atom stereocenters. The van der Waals surface area contributed by atoms with Crippen molar-refractivity contribution in [1.29, 1.82) is 0 Å². The van der Waals surface area contributed by atoms with Crippen molar-refractivity contribution in [3.8, 4) is 0 Å². The molecule has 0 unspecified atom stereocenters. The summed E-state index contributed by atoms with van der Waals surface area (Å²) >= 11 is 4.64. The number of rotatable bonds is 5. The fourth-order valence-corrected chi connectivity index (χ4v) is 3.98. The van der Waals surface area contributed by atoms with Crippen molar-refractivity contribution in [2.75, 3.05) is 5.32 Å². The second-order valence-corrected chi connectivity index (χ2v) is 7.74. The molecule has 1 heterocycles. The van der Waals surface area contributed by atoms with Gasteiger partial charge in [-0.15, -0.1) is 0 Å². The first-order chi connectivity index (χ1) is 9.49. The van der Waals surface area contributed by atoms with Crippen LogP contribution in [0.1, 0.15) is 44.9 Å². The van der Waals surface area contributed by atoms with Gasteiger partial charge in [0.25, 0.3) is 0 Å². The average molecular weight is 361 g/mol. The van der Waals surface area contributed by atoms with Gasteiger partial charge in [0.05, 0.1) is 16.4 Å². The predicted octanol–water partition coefficient (Wildman–Crippen LogP) is 3.66. The van der Waals surface area contributed by atoms with Crippen LogP contribution in [0.3, 0.4) is 0 Å². The van der Waals surface area contributed by atoms with Crippen LogP contribution in [0.15, 0.2) is 9.98 Å². The molecule has 5 nitrogen and oxygen atoms in total. The first kappa shape index (κ1) is 15.4. The number of nitrogens with zero attached hydrogens (tertiary/aromatic N) is 1. The van der Waals surface area contributed by atoms with Crippen molar-refractivity contribution in [2.24, 2.45) is 5.41 Å². The number of hydrogen-bond acceptors (Lipinski definition) is 4. The fourth-order valence-electron chi connectivity index (χ4n) is 2.85. The van der Waals surface area contributed by atoms with E-state index in [9.17, 15) is 9.59 Å². The van der Waals surface area contributed by atoms with Gasteiger partial charge in [-0.25, -0.2) is 4.98 Å². The monoisotopic (exact) mass is 360 g/mol. The number of aliphatic carboxylic acids is 1. The minimum atomic E-state index is -0.823. The van der Waals surface area contributed by atoms with Gasteiger partial charge in [0.2, 0.25) is 5.91 Å². The van der Waals surface area contributed by atoms with Crippen LogP contribution in [-0.2, 0) is 9.59 Å². The molecule has 1 aromatic rings. The van der Waals surface area contributed by atoms with Gasteiger partial charge >= 0.3 is 5.97 Å². The quantitative estimate of drug-likeness (QED) is 0.839. The molecule has 1 aromatic heterocycles. The Morgan fingerprint density at radius 2 is 2.05 bits per heavy atom. The van der Waals surface area contributed by atoms with Gasteiger partial charge in [-0.05, 0) is 34.2 Å². The number of aromatic nitrogens is 1. The van der Waals surface area contributed by atoms with Gasteiger partial charge in [0, 0.05) is 6.42 Å². The molecule has 1 fully saturated rings. The van der Waals surface area contributed by atoms with Gasteiger partial charge in [-0.2, -0.15) is 0 Å². The van der Waals surface area contributed by atoms with E-state index in [0.29, 0.717) is 5.13 Å². The van der Waals surface area contributed by atoms with E-state index in [1.54, 1.807) is 6.20 Å². The Bertz CT molecular complexity index is 498. The van der Waals surface area contributed by atoms with Crippen molar-refractivity contribution < 1.29 is 14.7 Å². The molecule has 110 valence electrons. The molecule has 1 aliphatic carbocycles. The minimum absolute atomic E-state index is 0.0714. The molecule has 0 saturated heterocycles. The van der Waals surface area contributed by atoms with E-state index in [-0.39, 0.29) is 24.2 Å². The van der Waals surface area contributed by atoms with Crippen molar-refractivity contribution >= 4 is 44.3 Å². The topological polar surface area (TPSA) is 79.3 Å². The molecule has 20 heavy (non-hydrogen) atoms. The summed E-state index contributed by atoms with van der Waals surface area (Å²) < 4.78 is 0.853. The van der Waals surface area contributed by atoms with Gasteiger partial charge in [0.1, 0.15) is 0 Å². The fraction of sp³-hybridized carbons (Fsp3) is 0.615. The number of anilines is 1. The summed E-state index contributed by atoms with van der Waals surface area (Å²) in [7, 11) is 0. The van der Waals surface area contributed by atoms with Crippen LogP contribution in [0.4, 0.5) is 5.13 Å². The van der Waals surface area contributed by atoms with E-state index in [4.69, 9.17) is 5.11 Å². The summed E-state index contributed by atoms with van der Waals surface area (Å²) in [6.45, 7) is 0. The smallest absolute Gasteiger partial charge is 0.303 e. The van der Waals surface area contributed by atoms with Gasteiger partial charge in [0.15, 0.2) is 5.13 Å². The van der Waals surface area contributed by atoms with Crippen LogP contribution in [-0.4, -0.2) is 22.0 Å². The number of carboxylic acids is 1. The second-order valence-electron chi connectivity index (χ2n) is 5.33. The molecule has 7 heteroatoms. The largest absolute Gasteiger partial charge is 0.481 e. The van der Waals surface area contributed by atoms with Crippen LogP contribution in [0.25, 0.3) is 0 Å². The van der Waals surface area contributed by atoms with Crippen LogP contribution in [0, 0.1) is 5.41 Å². The van der Waals surface area contributed by atoms with Gasteiger partial charge in [-0.1, -0.05) is 30.6 Å². The third-order valence-electron chi connectivity index (χ3n) is 3.70. The number of carbonyl (C=O) groups excluding carboxylic acids is 1. The molecular formula is C13H17BrN2O3S. The number of amides is 1. The Morgan fingerprint density at radius 1 is 1.35 bits per heavy atom. The van der Waals surface area contributed by atoms with Crippen molar-refractivity contribution in [2.45, 2.75) is 44.9 Å². The van der Waals surface area contributed by atoms with E-state index < -0.39 is 5.97 Å². The van der Waals surface area contributed by atoms with E-state index in [0.717, 1.165) is 35.9 Å². The zero-order chi connectivity index (χ0) is 14.6. The number of thiazole rings is 1. The van der Waals surface area contributed by atoms with E-state index in [1.807, 2.05) is 0 Å². The Labute approximate surface area is 129 Å². The second kappa shape index (κ2) is 6.67. The first-order valence-corrected chi connectivity index (χ1v) is 8.23. The lowest BCUT2D eigenvalue weighted by molar-refractivity contribution is -0.140. The summed E-state index contributed by atoms with van der Waals surface area (Å²) in [6.07, 6.45) is 6.73. The molecule has 1 aliphatic rings. The number of carboxylic acid groups (broad SMARTS) is 1.